The van der Waals surface area contributed by atoms with E-state index in [4.69, 9.17) is 4.74 Å². The molecule has 0 spiro atoms. The molecule has 2 aliphatic rings. The fraction of sp³-hybridized carbons (Fsp3) is 0.447. The minimum Gasteiger partial charge on any atom is -0.480 e. The molecule has 5 rings (SSSR count). The molecule has 0 aromatic heterocycles. The summed E-state index contributed by atoms with van der Waals surface area (Å²) >= 11 is 0. The van der Waals surface area contributed by atoms with E-state index in [1.165, 1.54) is 16.1 Å². The summed E-state index contributed by atoms with van der Waals surface area (Å²) in [4.78, 5) is 37.6. The van der Waals surface area contributed by atoms with E-state index in [1.54, 1.807) is 6.92 Å². The zero-order valence-electron chi connectivity index (χ0n) is 28.6. The van der Waals surface area contributed by atoms with Crippen LogP contribution in [-0.2, 0) is 38.6 Å². The Morgan fingerprint density at radius 1 is 0.816 bits per heavy atom. The molecule has 11 heteroatoms. The minimum absolute atomic E-state index is 0. The van der Waals surface area contributed by atoms with Gasteiger partial charge in [-0.2, -0.15) is 0 Å². The summed E-state index contributed by atoms with van der Waals surface area (Å²) in [5, 5.41) is 22.9. The summed E-state index contributed by atoms with van der Waals surface area (Å²) in [6.45, 7) is 7.19. The molecular weight excluding hydrogens is 622 g/mol. The molecule has 0 aliphatic carbocycles. The molecule has 6 N–H and O–H groups in total. The van der Waals surface area contributed by atoms with Crippen molar-refractivity contribution in [3.05, 3.63) is 108 Å². The summed E-state index contributed by atoms with van der Waals surface area (Å²) in [6.07, 6.45) is 3.67. The number of ether oxygens (including phenoxy) is 1. The maximum atomic E-state index is 13.3. The second kappa shape index (κ2) is 21.8. The molecule has 0 bridgehead atoms. The van der Waals surface area contributed by atoms with Crippen LogP contribution in [0, 0.1) is 0 Å². The Balaban J connectivity index is 0.000000293. The number of esters is 1. The number of aryl methyl sites for hydroxylation is 1. The number of benzene rings is 3. The molecule has 2 saturated heterocycles. The van der Waals surface area contributed by atoms with Crippen molar-refractivity contribution in [1.82, 2.24) is 26.0 Å². The van der Waals surface area contributed by atoms with Crippen molar-refractivity contribution in [2.24, 2.45) is 0 Å². The smallest absolute Gasteiger partial charge is 0.328 e. The molecule has 2 aliphatic heterocycles. The van der Waals surface area contributed by atoms with Crippen molar-refractivity contribution in [3.8, 4) is 0 Å². The molecule has 1 amide bonds. The van der Waals surface area contributed by atoms with Gasteiger partial charge >= 0.3 is 11.9 Å². The Kier molecular flexibility index (Phi) is 17.5. The second-order valence-corrected chi connectivity index (χ2v) is 12.1. The first-order chi connectivity index (χ1) is 23.5. The number of carbonyl (C=O) groups is 3. The third-order valence-corrected chi connectivity index (χ3v) is 8.57. The van der Waals surface area contributed by atoms with Crippen LogP contribution >= 0.6 is 0 Å². The molecule has 2 fully saturated rings. The van der Waals surface area contributed by atoms with Gasteiger partial charge in [0.05, 0.1) is 12.6 Å². The summed E-state index contributed by atoms with van der Waals surface area (Å²) in [6, 6.07) is 28.7. The van der Waals surface area contributed by atoms with Crippen LogP contribution in [0.4, 0.5) is 0 Å². The average Bonchev–Trinajstić information content (AvgIpc) is 3.27. The van der Waals surface area contributed by atoms with E-state index in [0.717, 1.165) is 44.6 Å². The van der Waals surface area contributed by atoms with E-state index in [2.05, 4.69) is 64.5 Å². The fourth-order valence-electron chi connectivity index (χ4n) is 6.10. The van der Waals surface area contributed by atoms with Crippen LogP contribution in [0.3, 0.4) is 0 Å². The van der Waals surface area contributed by atoms with Gasteiger partial charge in [-0.1, -0.05) is 91.0 Å². The van der Waals surface area contributed by atoms with Gasteiger partial charge in [-0.05, 0) is 62.1 Å². The Hall–Kier alpha value is -4.13. The number of nitrogens with one attached hydrogen (secondary N) is 3. The number of carboxylic acid groups (broad SMARTS) is 1. The van der Waals surface area contributed by atoms with Crippen LogP contribution in [-0.4, -0.2) is 89.4 Å². The van der Waals surface area contributed by atoms with Gasteiger partial charge in [0.15, 0.2) is 0 Å². The number of fused-ring (bicyclic) bond motifs is 1. The highest BCUT2D eigenvalue weighted by atomic mass is 16.5. The van der Waals surface area contributed by atoms with Gasteiger partial charge in [0.25, 0.3) is 5.91 Å². The molecule has 266 valence electrons. The fourth-order valence-corrected chi connectivity index (χ4v) is 6.10. The van der Waals surface area contributed by atoms with E-state index in [9.17, 15) is 19.5 Å². The lowest BCUT2D eigenvalue weighted by molar-refractivity contribution is -0.174. The lowest BCUT2D eigenvalue weighted by Gasteiger charge is -2.42. The first kappa shape index (κ1) is 39.3. The number of carbonyl (C=O) groups excluding carboxylic acids is 2. The summed E-state index contributed by atoms with van der Waals surface area (Å²) in [7, 11) is 0. The Morgan fingerprint density at radius 2 is 1.33 bits per heavy atom. The molecule has 0 saturated carbocycles. The molecule has 49 heavy (non-hydrogen) atoms. The largest absolute Gasteiger partial charge is 0.480 e. The van der Waals surface area contributed by atoms with Crippen molar-refractivity contribution in [2.45, 2.75) is 76.7 Å². The van der Waals surface area contributed by atoms with Gasteiger partial charge in [0.1, 0.15) is 12.1 Å². The number of amides is 1. The second-order valence-electron chi connectivity index (χ2n) is 12.1. The minimum atomic E-state index is -0.986. The van der Waals surface area contributed by atoms with Crippen molar-refractivity contribution < 1.29 is 29.7 Å². The standard InChI is InChI=1S/C22H31N3O5.C16H20N2.H2O/c1-2-30-22(29)18(13-12-16-8-4-3-5-9-16)23-17-10-6-14-24-15-7-11-19(21(27)28)25(24)20(17)26;1-3-7-15(8-4-1)13-17-11-12-18-14-16-9-5-2-6-10-16;/h3-5,8-9,17-19,23H,2,6-7,10-15H2,1H3,(H,27,28);1-10,17-18H,11-14H2;1H2/t17-,18-,19-;;/m0../s1. The predicted molar refractivity (Wildman–Crippen MR) is 190 cm³/mol. The van der Waals surface area contributed by atoms with Gasteiger partial charge in [-0.15, -0.1) is 0 Å². The molecule has 0 unspecified atom stereocenters. The molecule has 3 atom stereocenters. The van der Waals surface area contributed by atoms with Crippen molar-refractivity contribution in [2.75, 3.05) is 32.8 Å². The van der Waals surface area contributed by atoms with Crippen molar-refractivity contribution in [1.29, 1.82) is 0 Å². The SMILES string of the molecule is CCOC(=O)[C@H](CCc1ccccc1)N[C@H]1CCCN2CCC[C@@H](C(=O)O)N2C1=O.O.c1ccc(CNCCNCc2ccccc2)cc1. The maximum absolute atomic E-state index is 13.3. The van der Waals surface area contributed by atoms with Crippen LogP contribution < -0.4 is 16.0 Å². The number of hydrogen-bond acceptors (Lipinski definition) is 8. The van der Waals surface area contributed by atoms with Crippen LogP contribution in [0.1, 0.15) is 55.7 Å². The van der Waals surface area contributed by atoms with Gasteiger partial charge in [0, 0.05) is 39.3 Å². The lowest BCUT2D eigenvalue weighted by Crippen LogP contribution is -2.61. The lowest BCUT2D eigenvalue weighted by atomic mass is 10.0. The van der Waals surface area contributed by atoms with Gasteiger partial charge in [-0.25, -0.2) is 9.80 Å². The number of hydrazine groups is 1. The van der Waals surface area contributed by atoms with E-state index in [0.29, 0.717) is 38.8 Å². The number of carboxylic acids is 1. The highest BCUT2D eigenvalue weighted by Gasteiger charge is 2.42. The molecule has 11 nitrogen and oxygen atoms in total. The average molecular weight is 676 g/mol. The molecular formula is C38H53N5O6. The Morgan fingerprint density at radius 3 is 1.84 bits per heavy atom. The number of hydrogen-bond donors (Lipinski definition) is 4. The van der Waals surface area contributed by atoms with Crippen molar-refractivity contribution >= 4 is 17.8 Å². The third-order valence-electron chi connectivity index (χ3n) is 8.57. The molecule has 3 aromatic rings. The zero-order chi connectivity index (χ0) is 34.0. The Labute approximate surface area is 290 Å². The molecule has 3 aromatic carbocycles. The predicted octanol–water partition coefficient (Wildman–Crippen LogP) is 3.34. The highest BCUT2D eigenvalue weighted by molar-refractivity contribution is 5.87. The van der Waals surface area contributed by atoms with Crippen LogP contribution in [0.2, 0.25) is 0 Å². The van der Waals surface area contributed by atoms with Gasteiger partial charge < -0.3 is 26.0 Å². The quantitative estimate of drug-likeness (QED) is 0.140. The van der Waals surface area contributed by atoms with E-state index >= 15 is 0 Å². The topological polar surface area (TPSA) is 155 Å². The first-order valence-corrected chi connectivity index (χ1v) is 17.2. The summed E-state index contributed by atoms with van der Waals surface area (Å²) in [5.41, 5.74) is 3.77. The molecule has 2 heterocycles. The zero-order valence-corrected chi connectivity index (χ0v) is 28.6. The number of aliphatic carboxylic acids is 1. The summed E-state index contributed by atoms with van der Waals surface area (Å²) < 4.78 is 5.24. The van der Waals surface area contributed by atoms with E-state index in [-0.39, 0.29) is 24.0 Å². The van der Waals surface area contributed by atoms with Crippen molar-refractivity contribution in [3.63, 3.8) is 0 Å². The summed E-state index contributed by atoms with van der Waals surface area (Å²) in [5.74, 6) is -1.64. The number of nitrogens with zero attached hydrogens (tertiary/aromatic N) is 2. The van der Waals surface area contributed by atoms with Crippen LogP contribution in [0.5, 0.6) is 0 Å². The highest BCUT2D eigenvalue weighted by Crippen LogP contribution is 2.24. The monoisotopic (exact) mass is 675 g/mol. The van der Waals surface area contributed by atoms with Crippen LogP contribution in [0.25, 0.3) is 0 Å². The van der Waals surface area contributed by atoms with Crippen LogP contribution in [0.15, 0.2) is 91.0 Å². The normalized spacial score (nSPS) is 18.1. The third kappa shape index (κ3) is 13.0. The van der Waals surface area contributed by atoms with Gasteiger partial charge in [0.2, 0.25) is 0 Å². The molecule has 0 radical (unpaired) electrons. The first-order valence-electron chi connectivity index (χ1n) is 17.2. The van der Waals surface area contributed by atoms with E-state index < -0.39 is 24.1 Å². The number of rotatable bonds is 15. The maximum Gasteiger partial charge on any atom is 0.328 e. The van der Waals surface area contributed by atoms with E-state index in [1.807, 2.05) is 47.5 Å². The Bertz CT molecular complexity index is 1340. The van der Waals surface area contributed by atoms with Gasteiger partial charge in [-0.3, -0.25) is 19.9 Å².